The van der Waals surface area contributed by atoms with Crippen LogP contribution in [0.2, 0.25) is 4.34 Å². The molecule has 1 heterocycles. The first-order chi connectivity index (χ1) is 8.88. The van der Waals surface area contributed by atoms with E-state index in [1.807, 2.05) is 6.07 Å². The third-order valence-electron chi connectivity index (χ3n) is 2.70. The molecule has 0 spiro atoms. The molecular formula is C14H23ClN2OS. The van der Waals surface area contributed by atoms with Gasteiger partial charge < -0.3 is 4.90 Å². The van der Waals surface area contributed by atoms with Gasteiger partial charge in [-0.25, -0.2) is 0 Å². The highest BCUT2D eigenvalue weighted by Crippen LogP contribution is 2.22. The van der Waals surface area contributed by atoms with Crippen LogP contribution >= 0.6 is 22.9 Å². The second-order valence-electron chi connectivity index (χ2n) is 5.46. The maximum atomic E-state index is 12.2. The van der Waals surface area contributed by atoms with Crippen molar-refractivity contribution in [3.63, 3.8) is 0 Å². The van der Waals surface area contributed by atoms with E-state index in [1.54, 1.807) is 6.07 Å². The molecule has 1 rings (SSSR count). The Morgan fingerprint density at radius 3 is 2.47 bits per heavy atom. The van der Waals surface area contributed by atoms with Gasteiger partial charge in [-0.1, -0.05) is 25.4 Å². The van der Waals surface area contributed by atoms with Gasteiger partial charge in [0.2, 0.25) is 0 Å². The van der Waals surface area contributed by atoms with E-state index in [4.69, 9.17) is 11.6 Å². The molecule has 0 saturated heterocycles. The van der Waals surface area contributed by atoms with Gasteiger partial charge in [0, 0.05) is 19.6 Å². The van der Waals surface area contributed by atoms with Gasteiger partial charge in [-0.3, -0.25) is 9.69 Å². The van der Waals surface area contributed by atoms with Crippen LogP contribution in [0.25, 0.3) is 0 Å². The first-order valence-corrected chi connectivity index (χ1v) is 7.73. The Morgan fingerprint density at radius 2 is 2.00 bits per heavy atom. The molecule has 0 aliphatic heterocycles. The summed E-state index contributed by atoms with van der Waals surface area (Å²) in [6, 6.07) is 3.60. The lowest BCUT2D eigenvalue weighted by molar-refractivity contribution is 0.0920. The Hall–Kier alpha value is -0.420. The molecule has 0 aliphatic rings. The van der Waals surface area contributed by atoms with E-state index in [0.29, 0.717) is 16.8 Å². The molecule has 0 saturated carbocycles. The predicted molar refractivity (Wildman–Crippen MR) is 83.5 cm³/mol. The van der Waals surface area contributed by atoms with Crippen molar-refractivity contribution in [3.8, 4) is 0 Å². The number of thiophene rings is 1. The molecule has 108 valence electrons. The normalized spacial score (nSPS) is 11.8. The van der Waals surface area contributed by atoms with Crippen molar-refractivity contribution >= 4 is 28.7 Å². The van der Waals surface area contributed by atoms with Gasteiger partial charge in [-0.05, 0) is 32.1 Å². The third-order valence-corrected chi connectivity index (χ3v) is 3.97. The quantitative estimate of drug-likeness (QED) is 0.689. The maximum Gasteiger partial charge on any atom is 0.186 e. The molecule has 0 bridgehead atoms. The third kappa shape index (κ3) is 6.52. The van der Waals surface area contributed by atoms with Crippen molar-refractivity contribution < 1.29 is 4.79 Å². The fourth-order valence-corrected chi connectivity index (χ4v) is 2.81. The van der Waals surface area contributed by atoms with Crippen molar-refractivity contribution in [3.05, 3.63) is 21.3 Å². The number of halogens is 1. The summed E-state index contributed by atoms with van der Waals surface area (Å²) < 4.78 is 0.673. The van der Waals surface area contributed by atoms with Crippen molar-refractivity contribution in [1.82, 2.24) is 9.80 Å². The molecule has 19 heavy (non-hydrogen) atoms. The van der Waals surface area contributed by atoms with Crippen LogP contribution in [0.1, 0.15) is 23.5 Å². The molecule has 0 atom stereocenters. The van der Waals surface area contributed by atoms with Gasteiger partial charge in [-0.15, -0.1) is 11.3 Å². The SMILES string of the molecule is CC(C)CN(CCN(C)C)CC(=O)c1ccc(Cl)s1. The number of carbonyl (C=O) groups is 1. The van der Waals surface area contributed by atoms with Crippen molar-refractivity contribution in [1.29, 1.82) is 0 Å². The van der Waals surface area contributed by atoms with Crippen molar-refractivity contribution in [2.75, 3.05) is 40.3 Å². The fourth-order valence-electron chi connectivity index (χ4n) is 1.84. The minimum atomic E-state index is 0.163. The highest BCUT2D eigenvalue weighted by Gasteiger charge is 2.15. The Labute approximate surface area is 125 Å². The second kappa shape index (κ2) is 8.00. The molecular weight excluding hydrogens is 280 g/mol. The molecule has 0 amide bonds. The predicted octanol–water partition coefficient (Wildman–Crippen LogP) is 3.10. The highest BCUT2D eigenvalue weighted by molar-refractivity contribution is 7.18. The Kier molecular flexibility index (Phi) is 7.00. The van der Waals surface area contributed by atoms with Crippen LogP contribution in [0.5, 0.6) is 0 Å². The molecule has 3 nitrogen and oxygen atoms in total. The summed E-state index contributed by atoms with van der Waals surface area (Å²) in [6.07, 6.45) is 0. The summed E-state index contributed by atoms with van der Waals surface area (Å²) in [4.78, 5) is 17.3. The lowest BCUT2D eigenvalue weighted by Gasteiger charge is -2.24. The van der Waals surface area contributed by atoms with Gasteiger partial charge in [-0.2, -0.15) is 0 Å². The molecule has 0 radical (unpaired) electrons. The van der Waals surface area contributed by atoms with Crippen LogP contribution in [-0.4, -0.2) is 55.9 Å². The standard InChI is InChI=1S/C14H23ClN2OS/c1-11(2)9-17(8-7-16(3)4)10-12(18)13-5-6-14(15)19-13/h5-6,11H,7-10H2,1-4H3. The molecule has 0 fully saturated rings. The van der Waals surface area contributed by atoms with Gasteiger partial charge in [0.25, 0.3) is 0 Å². The molecule has 0 N–H and O–H groups in total. The summed E-state index contributed by atoms with van der Waals surface area (Å²) in [5, 5.41) is 0. The smallest absolute Gasteiger partial charge is 0.186 e. The van der Waals surface area contributed by atoms with Gasteiger partial charge in [0.05, 0.1) is 15.8 Å². The Balaban J connectivity index is 2.57. The van der Waals surface area contributed by atoms with E-state index in [9.17, 15) is 4.79 Å². The topological polar surface area (TPSA) is 23.6 Å². The lowest BCUT2D eigenvalue weighted by atomic mass is 10.2. The monoisotopic (exact) mass is 302 g/mol. The zero-order valence-corrected chi connectivity index (χ0v) is 13.7. The Morgan fingerprint density at radius 1 is 1.32 bits per heavy atom. The fraction of sp³-hybridized carbons (Fsp3) is 0.643. The molecule has 0 unspecified atom stereocenters. The van der Waals surface area contributed by atoms with Crippen LogP contribution < -0.4 is 0 Å². The van der Waals surface area contributed by atoms with Crippen molar-refractivity contribution in [2.45, 2.75) is 13.8 Å². The highest BCUT2D eigenvalue weighted by atomic mass is 35.5. The van der Waals surface area contributed by atoms with E-state index in [-0.39, 0.29) is 5.78 Å². The summed E-state index contributed by atoms with van der Waals surface area (Å²) in [5.74, 6) is 0.721. The zero-order valence-electron chi connectivity index (χ0n) is 12.1. The van der Waals surface area contributed by atoms with Crippen LogP contribution in [-0.2, 0) is 0 Å². The minimum absolute atomic E-state index is 0.163. The van der Waals surface area contributed by atoms with Crippen LogP contribution in [0.4, 0.5) is 0 Å². The van der Waals surface area contributed by atoms with E-state index < -0.39 is 0 Å². The number of rotatable bonds is 8. The maximum absolute atomic E-state index is 12.2. The number of nitrogens with zero attached hydrogens (tertiary/aromatic N) is 2. The first-order valence-electron chi connectivity index (χ1n) is 6.54. The Bertz CT molecular complexity index is 404. The van der Waals surface area contributed by atoms with E-state index in [1.165, 1.54) is 11.3 Å². The largest absolute Gasteiger partial charge is 0.308 e. The average Bonchev–Trinajstić information content (AvgIpc) is 2.72. The summed E-state index contributed by atoms with van der Waals surface area (Å²) in [5.41, 5.74) is 0. The number of hydrogen-bond donors (Lipinski definition) is 0. The number of hydrogen-bond acceptors (Lipinski definition) is 4. The number of Topliss-reactive ketones (excluding diaryl/α,β-unsaturated/α-hetero) is 1. The van der Waals surface area contributed by atoms with Gasteiger partial charge >= 0.3 is 0 Å². The van der Waals surface area contributed by atoms with Gasteiger partial charge in [0.15, 0.2) is 5.78 Å². The van der Waals surface area contributed by atoms with Crippen LogP contribution in [0.3, 0.4) is 0 Å². The average molecular weight is 303 g/mol. The number of likely N-dealkylation sites (N-methyl/N-ethyl adjacent to an activating group) is 1. The molecule has 1 aromatic rings. The molecule has 0 aromatic carbocycles. The van der Waals surface area contributed by atoms with Gasteiger partial charge in [0.1, 0.15) is 0 Å². The number of carbonyl (C=O) groups excluding carboxylic acids is 1. The van der Waals surface area contributed by atoms with Crippen LogP contribution in [0.15, 0.2) is 12.1 Å². The van der Waals surface area contributed by atoms with E-state index in [2.05, 4.69) is 37.7 Å². The summed E-state index contributed by atoms with van der Waals surface area (Å²) >= 11 is 7.23. The first kappa shape index (κ1) is 16.6. The minimum Gasteiger partial charge on any atom is -0.308 e. The summed E-state index contributed by atoms with van der Waals surface area (Å²) in [7, 11) is 4.10. The van der Waals surface area contributed by atoms with E-state index in [0.717, 1.165) is 24.5 Å². The summed E-state index contributed by atoms with van der Waals surface area (Å²) in [6.45, 7) is 7.65. The lowest BCUT2D eigenvalue weighted by Crippen LogP contribution is -2.37. The molecule has 5 heteroatoms. The second-order valence-corrected chi connectivity index (χ2v) is 7.17. The van der Waals surface area contributed by atoms with Crippen LogP contribution in [0, 0.1) is 5.92 Å². The number of ketones is 1. The zero-order chi connectivity index (χ0) is 14.4. The van der Waals surface area contributed by atoms with E-state index >= 15 is 0 Å². The molecule has 1 aromatic heterocycles. The van der Waals surface area contributed by atoms with Crippen molar-refractivity contribution in [2.24, 2.45) is 5.92 Å². The molecule has 0 aliphatic carbocycles.